The Balaban J connectivity index is 1.72. The molecule has 0 aliphatic rings. The van der Waals surface area contributed by atoms with Crippen LogP contribution in [0.3, 0.4) is 0 Å². The minimum Gasteiger partial charge on any atom is -0.325 e. The Morgan fingerprint density at radius 3 is 2.47 bits per heavy atom. The number of fused-ring (bicyclic) bond motifs is 1. The van der Waals surface area contributed by atoms with Gasteiger partial charge < -0.3 is 10.3 Å². The lowest BCUT2D eigenvalue weighted by Crippen LogP contribution is -2.42. The quantitative estimate of drug-likeness (QED) is 0.639. The highest BCUT2D eigenvalue weighted by molar-refractivity contribution is 5.94. The third-order valence-electron chi connectivity index (χ3n) is 4.83. The molecule has 6 nitrogen and oxygen atoms in total. The van der Waals surface area contributed by atoms with E-state index in [2.05, 4.69) is 15.3 Å². The molecule has 2 aromatic carbocycles. The lowest BCUT2D eigenvalue weighted by atomic mass is 10.2. The molecule has 0 saturated heterocycles. The zero-order chi connectivity index (χ0) is 21.9. The van der Waals surface area contributed by atoms with Crippen molar-refractivity contribution in [3.63, 3.8) is 0 Å². The van der Waals surface area contributed by atoms with Crippen molar-refractivity contribution in [2.24, 2.45) is 0 Å². The fourth-order valence-corrected chi connectivity index (χ4v) is 3.08. The van der Waals surface area contributed by atoms with Crippen LogP contribution in [0.5, 0.6) is 0 Å². The second-order valence-electron chi connectivity index (χ2n) is 6.83. The minimum atomic E-state index is -4.43. The van der Waals surface area contributed by atoms with Crippen molar-refractivity contribution < 1.29 is 18.0 Å². The molecule has 0 fully saturated rings. The third-order valence-corrected chi connectivity index (χ3v) is 4.83. The summed E-state index contributed by atoms with van der Waals surface area (Å²) in [6.07, 6.45) is -4.43. The standard InChI is InChI=1S/C21H21F3N4O2/c1-3-28(12-18-26-17-7-5-4-6-16(17)20(30)27-18)13(2)19(29)25-15-10-8-14(9-11-15)21(22,23)24/h4-11,13H,3,12H2,1-2H3,(H,25,29)(H,26,27,30). The van der Waals surface area contributed by atoms with E-state index in [0.29, 0.717) is 23.3 Å². The first-order chi connectivity index (χ1) is 14.2. The Labute approximate surface area is 170 Å². The molecular formula is C21H21F3N4O2. The Kier molecular flexibility index (Phi) is 6.21. The average Bonchev–Trinajstić information content (AvgIpc) is 2.71. The van der Waals surface area contributed by atoms with Crippen molar-refractivity contribution in [2.75, 3.05) is 11.9 Å². The maximum Gasteiger partial charge on any atom is 0.416 e. The summed E-state index contributed by atoms with van der Waals surface area (Å²) in [4.78, 5) is 33.8. The predicted octanol–water partition coefficient (Wildman–Crippen LogP) is 3.79. The molecule has 0 aliphatic carbocycles. The van der Waals surface area contributed by atoms with E-state index >= 15 is 0 Å². The van der Waals surface area contributed by atoms with Gasteiger partial charge in [0.05, 0.1) is 29.1 Å². The number of benzene rings is 2. The number of nitrogens with zero attached hydrogens (tertiary/aromatic N) is 2. The van der Waals surface area contributed by atoms with Crippen LogP contribution in [0.25, 0.3) is 10.9 Å². The summed E-state index contributed by atoms with van der Waals surface area (Å²) in [7, 11) is 0. The number of para-hydroxylation sites is 1. The molecule has 3 aromatic rings. The van der Waals surface area contributed by atoms with Crippen molar-refractivity contribution in [2.45, 2.75) is 32.6 Å². The normalized spacial score (nSPS) is 12.9. The van der Waals surface area contributed by atoms with Gasteiger partial charge in [-0.3, -0.25) is 14.5 Å². The number of rotatable bonds is 6. The number of aromatic nitrogens is 2. The number of hydrogen-bond acceptors (Lipinski definition) is 4. The minimum absolute atomic E-state index is 0.234. The number of H-pyrrole nitrogens is 1. The van der Waals surface area contributed by atoms with Gasteiger partial charge in [0, 0.05) is 5.69 Å². The SMILES string of the molecule is CCN(Cc1nc2ccccc2c(=O)[nH]1)C(C)C(=O)Nc1ccc(C(F)(F)F)cc1. The van der Waals surface area contributed by atoms with Crippen molar-refractivity contribution in [3.05, 3.63) is 70.3 Å². The van der Waals surface area contributed by atoms with Crippen molar-refractivity contribution in [1.82, 2.24) is 14.9 Å². The topological polar surface area (TPSA) is 78.1 Å². The van der Waals surface area contributed by atoms with E-state index in [-0.39, 0.29) is 23.7 Å². The molecule has 1 atom stereocenters. The molecule has 0 saturated carbocycles. The molecule has 1 amide bonds. The molecule has 0 aliphatic heterocycles. The largest absolute Gasteiger partial charge is 0.416 e. The molecule has 2 N–H and O–H groups in total. The van der Waals surface area contributed by atoms with E-state index < -0.39 is 17.8 Å². The van der Waals surface area contributed by atoms with Crippen molar-refractivity contribution >= 4 is 22.5 Å². The van der Waals surface area contributed by atoms with E-state index in [0.717, 1.165) is 12.1 Å². The van der Waals surface area contributed by atoms with Crippen LogP contribution in [0, 0.1) is 0 Å². The van der Waals surface area contributed by atoms with Gasteiger partial charge in [0.25, 0.3) is 5.56 Å². The van der Waals surface area contributed by atoms with Crippen LogP contribution in [0.2, 0.25) is 0 Å². The van der Waals surface area contributed by atoms with Crippen molar-refractivity contribution in [3.8, 4) is 0 Å². The van der Waals surface area contributed by atoms with Gasteiger partial charge in [-0.25, -0.2) is 4.98 Å². The van der Waals surface area contributed by atoms with Gasteiger partial charge in [-0.1, -0.05) is 19.1 Å². The summed E-state index contributed by atoms with van der Waals surface area (Å²) >= 11 is 0. The van der Waals surface area contributed by atoms with Crippen LogP contribution < -0.4 is 10.9 Å². The molecule has 9 heteroatoms. The molecular weight excluding hydrogens is 397 g/mol. The van der Waals surface area contributed by atoms with E-state index in [1.54, 1.807) is 36.1 Å². The molecule has 1 aromatic heterocycles. The number of halogens is 3. The Morgan fingerprint density at radius 1 is 1.17 bits per heavy atom. The number of hydrogen-bond donors (Lipinski definition) is 2. The summed E-state index contributed by atoms with van der Waals surface area (Å²) < 4.78 is 38.0. The molecule has 1 heterocycles. The number of carbonyl (C=O) groups is 1. The van der Waals surface area contributed by atoms with E-state index in [1.807, 2.05) is 6.92 Å². The average molecular weight is 418 g/mol. The summed E-state index contributed by atoms with van der Waals surface area (Å²) in [5, 5.41) is 3.11. The zero-order valence-electron chi connectivity index (χ0n) is 16.5. The molecule has 30 heavy (non-hydrogen) atoms. The van der Waals surface area contributed by atoms with Gasteiger partial charge in [0.2, 0.25) is 5.91 Å². The fourth-order valence-electron chi connectivity index (χ4n) is 3.08. The number of nitrogens with one attached hydrogen (secondary N) is 2. The van der Waals surface area contributed by atoms with Gasteiger partial charge in [-0.15, -0.1) is 0 Å². The monoisotopic (exact) mass is 418 g/mol. The van der Waals surface area contributed by atoms with Gasteiger partial charge in [-0.2, -0.15) is 13.2 Å². The van der Waals surface area contributed by atoms with Crippen LogP contribution in [-0.4, -0.2) is 33.4 Å². The number of anilines is 1. The molecule has 0 spiro atoms. The summed E-state index contributed by atoms with van der Waals surface area (Å²) in [5.41, 5.74) is -0.203. The van der Waals surface area contributed by atoms with Gasteiger partial charge in [0.15, 0.2) is 0 Å². The highest BCUT2D eigenvalue weighted by atomic mass is 19.4. The summed E-state index contributed by atoms with van der Waals surface area (Å²) in [5.74, 6) is 0.0504. The molecule has 3 rings (SSSR count). The number of amides is 1. The van der Waals surface area contributed by atoms with Crippen LogP contribution in [0.15, 0.2) is 53.3 Å². The van der Waals surface area contributed by atoms with Crippen LogP contribution in [0.4, 0.5) is 18.9 Å². The van der Waals surface area contributed by atoms with Crippen LogP contribution >= 0.6 is 0 Å². The van der Waals surface area contributed by atoms with E-state index in [1.165, 1.54) is 12.1 Å². The highest BCUT2D eigenvalue weighted by Gasteiger charge is 2.30. The maximum atomic E-state index is 12.7. The molecule has 0 radical (unpaired) electrons. The van der Waals surface area contributed by atoms with Crippen LogP contribution in [0.1, 0.15) is 25.2 Å². The smallest absolute Gasteiger partial charge is 0.325 e. The first kappa shape index (κ1) is 21.5. The van der Waals surface area contributed by atoms with Crippen LogP contribution in [-0.2, 0) is 17.5 Å². The second kappa shape index (κ2) is 8.66. The Morgan fingerprint density at radius 2 is 1.83 bits per heavy atom. The van der Waals surface area contributed by atoms with E-state index in [9.17, 15) is 22.8 Å². The summed E-state index contributed by atoms with van der Waals surface area (Å²) in [6.45, 7) is 4.28. The van der Waals surface area contributed by atoms with Gasteiger partial charge in [0.1, 0.15) is 5.82 Å². The zero-order valence-corrected chi connectivity index (χ0v) is 16.5. The fraction of sp³-hybridized carbons (Fsp3) is 0.286. The Bertz CT molecular complexity index is 1090. The third kappa shape index (κ3) is 4.85. The lowest BCUT2D eigenvalue weighted by Gasteiger charge is -2.26. The van der Waals surface area contributed by atoms with Gasteiger partial charge >= 0.3 is 6.18 Å². The van der Waals surface area contributed by atoms with Gasteiger partial charge in [-0.05, 0) is 49.9 Å². The predicted molar refractivity (Wildman–Crippen MR) is 108 cm³/mol. The first-order valence-corrected chi connectivity index (χ1v) is 9.39. The first-order valence-electron chi connectivity index (χ1n) is 9.39. The summed E-state index contributed by atoms with van der Waals surface area (Å²) in [6, 6.07) is 10.6. The molecule has 158 valence electrons. The molecule has 1 unspecified atom stereocenters. The highest BCUT2D eigenvalue weighted by Crippen LogP contribution is 2.29. The molecule has 0 bridgehead atoms. The second-order valence-corrected chi connectivity index (χ2v) is 6.83. The lowest BCUT2D eigenvalue weighted by molar-refractivity contribution is -0.137. The Hall–Kier alpha value is -3.20. The number of likely N-dealkylation sites (N-methyl/N-ethyl adjacent to an activating group) is 1. The van der Waals surface area contributed by atoms with Crippen molar-refractivity contribution in [1.29, 1.82) is 0 Å². The number of alkyl halides is 3. The van der Waals surface area contributed by atoms with E-state index in [4.69, 9.17) is 0 Å². The number of carbonyl (C=O) groups excluding carboxylic acids is 1. The maximum absolute atomic E-state index is 12.7. The number of aromatic amines is 1.